The molecule has 0 aromatic heterocycles. The van der Waals surface area contributed by atoms with Gasteiger partial charge in [-0.15, -0.1) is 0 Å². The highest BCUT2D eigenvalue weighted by Gasteiger charge is 2.25. The third-order valence-electron chi connectivity index (χ3n) is 5.33. The van der Waals surface area contributed by atoms with Crippen LogP contribution in [-0.4, -0.2) is 38.9 Å². The summed E-state index contributed by atoms with van der Waals surface area (Å²) in [6, 6.07) is 6.37. The maximum atomic E-state index is 12.2. The fraction of sp³-hybridized carbons (Fsp3) is 0.632. The Morgan fingerprint density at radius 2 is 2.29 bits per heavy atom. The van der Waals surface area contributed by atoms with Crippen LogP contribution >= 0.6 is 0 Å². The van der Waals surface area contributed by atoms with E-state index in [0.717, 1.165) is 44.6 Å². The average Bonchev–Trinajstić information content (AvgIpc) is 3.14. The van der Waals surface area contributed by atoms with E-state index in [4.69, 9.17) is 9.47 Å². The number of hydrogen-bond acceptors (Lipinski definition) is 3. The maximum absolute atomic E-state index is 12.2. The molecular weight excluding hydrogens is 304 g/mol. The number of ether oxygens (including phenoxy) is 2. The van der Waals surface area contributed by atoms with Gasteiger partial charge in [0.05, 0.1) is 13.7 Å². The normalized spacial score (nSPS) is 24.1. The average molecular weight is 332 g/mol. The Labute approximate surface area is 144 Å². The van der Waals surface area contributed by atoms with E-state index in [1.807, 2.05) is 6.07 Å². The van der Waals surface area contributed by atoms with Gasteiger partial charge in [-0.05, 0) is 55.9 Å². The van der Waals surface area contributed by atoms with Crippen molar-refractivity contribution in [1.29, 1.82) is 0 Å². The number of benzene rings is 1. The molecule has 3 atom stereocenters. The van der Waals surface area contributed by atoms with Crippen LogP contribution < -0.4 is 15.4 Å². The van der Waals surface area contributed by atoms with Crippen LogP contribution in [0, 0.1) is 5.92 Å². The summed E-state index contributed by atoms with van der Waals surface area (Å²) in [6.07, 6.45) is 4.39. The molecule has 1 aromatic rings. The van der Waals surface area contributed by atoms with Crippen molar-refractivity contribution in [2.75, 3.05) is 26.9 Å². The second-order valence-electron chi connectivity index (χ2n) is 6.92. The summed E-state index contributed by atoms with van der Waals surface area (Å²) in [7, 11) is 1.70. The third-order valence-corrected chi connectivity index (χ3v) is 5.33. The Bertz CT molecular complexity index is 570. The predicted molar refractivity (Wildman–Crippen MR) is 93.6 cm³/mol. The monoisotopic (exact) mass is 332 g/mol. The minimum Gasteiger partial charge on any atom is -0.497 e. The molecule has 1 fully saturated rings. The zero-order valence-electron chi connectivity index (χ0n) is 14.6. The van der Waals surface area contributed by atoms with Gasteiger partial charge in [-0.1, -0.05) is 6.07 Å². The van der Waals surface area contributed by atoms with Gasteiger partial charge >= 0.3 is 6.03 Å². The number of methoxy groups -OCH3 is 1. The number of carbonyl (C=O) groups is 1. The highest BCUT2D eigenvalue weighted by Crippen LogP contribution is 2.33. The van der Waals surface area contributed by atoms with E-state index in [2.05, 4.69) is 29.7 Å². The van der Waals surface area contributed by atoms with Crippen molar-refractivity contribution >= 4 is 6.03 Å². The van der Waals surface area contributed by atoms with E-state index < -0.39 is 0 Å². The number of amides is 2. The van der Waals surface area contributed by atoms with Crippen molar-refractivity contribution in [1.82, 2.24) is 10.6 Å². The van der Waals surface area contributed by atoms with Gasteiger partial charge in [0.25, 0.3) is 0 Å². The van der Waals surface area contributed by atoms with Gasteiger partial charge in [-0.25, -0.2) is 4.79 Å². The van der Waals surface area contributed by atoms with Gasteiger partial charge < -0.3 is 20.1 Å². The number of urea groups is 1. The molecule has 3 unspecified atom stereocenters. The fourth-order valence-corrected chi connectivity index (χ4v) is 3.77. The van der Waals surface area contributed by atoms with E-state index in [9.17, 15) is 4.79 Å². The molecule has 2 aliphatic rings. The largest absolute Gasteiger partial charge is 0.497 e. The number of nitrogens with one attached hydrogen (secondary N) is 2. The molecule has 0 radical (unpaired) electrons. The Morgan fingerprint density at radius 1 is 1.42 bits per heavy atom. The van der Waals surface area contributed by atoms with Crippen LogP contribution in [0.3, 0.4) is 0 Å². The second kappa shape index (κ2) is 7.88. The van der Waals surface area contributed by atoms with Crippen LogP contribution in [-0.2, 0) is 11.2 Å². The van der Waals surface area contributed by atoms with E-state index in [0.29, 0.717) is 18.4 Å². The molecule has 5 nitrogen and oxygen atoms in total. The van der Waals surface area contributed by atoms with Crippen molar-refractivity contribution in [2.45, 2.75) is 44.6 Å². The molecule has 2 N–H and O–H groups in total. The molecule has 0 spiro atoms. The van der Waals surface area contributed by atoms with Gasteiger partial charge in [-0.3, -0.25) is 0 Å². The molecular formula is C19H28N2O3. The molecule has 5 heteroatoms. The smallest absolute Gasteiger partial charge is 0.315 e. The van der Waals surface area contributed by atoms with Crippen LogP contribution in [0.5, 0.6) is 5.75 Å². The first-order valence-corrected chi connectivity index (χ1v) is 8.96. The summed E-state index contributed by atoms with van der Waals surface area (Å²) in [5, 5.41) is 6.11. The molecule has 24 heavy (non-hydrogen) atoms. The highest BCUT2D eigenvalue weighted by atomic mass is 16.5. The molecule has 1 aromatic carbocycles. The van der Waals surface area contributed by atoms with Gasteiger partial charge in [0.15, 0.2) is 0 Å². The lowest BCUT2D eigenvalue weighted by Crippen LogP contribution is -2.45. The van der Waals surface area contributed by atoms with Gasteiger partial charge in [-0.2, -0.15) is 0 Å². The minimum atomic E-state index is -0.0740. The minimum absolute atomic E-state index is 0.0740. The second-order valence-corrected chi connectivity index (χ2v) is 6.92. The van der Waals surface area contributed by atoms with Gasteiger partial charge in [0, 0.05) is 31.0 Å². The van der Waals surface area contributed by atoms with Crippen LogP contribution in [0.2, 0.25) is 0 Å². The van der Waals surface area contributed by atoms with E-state index in [-0.39, 0.29) is 12.1 Å². The van der Waals surface area contributed by atoms with Crippen LogP contribution in [0.15, 0.2) is 18.2 Å². The topological polar surface area (TPSA) is 59.6 Å². The summed E-state index contributed by atoms with van der Waals surface area (Å²) < 4.78 is 10.7. The van der Waals surface area contributed by atoms with Crippen LogP contribution in [0.4, 0.5) is 4.79 Å². The van der Waals surface area contributed by atoms with Gasteiger partial charge in [0.1, 0.15) is 5.75 Å². The number of rotatable bonds is 5. The van der Waals surface area contributed by atoms with E-state index in [1.165, 1.54) is 11.1 Å². The standard InChI is InChI=1S/C19H28N2O3/c1-13(16-8-9-24-12-16)21-19(22)20-11-15-5-3-4-14-10-17(23-2)6-7-18(14)15/h6-7,10,13,15-16H,3-5,8-9,11-12H2,1-2H3,(H2,20,21,22). The zero-order valence-corrected chi connectivity index (χ0v) is 14.6. The summed E-state index contributed by atoms with van der Waals surface area (Å²) in [4.78, 5) is 12.2. The quantitative estimate of drug-likeness (QED) is 0.872. The predicted octanol–water partition coefficient (Wildman–Crippen LogP) is 2.84. The highest BCUT2D eigenvalue weighted by molar-refractivity contribution is 5.74. The zero-order chi connectivity index (χ0) is 16.9. The Kier molecular flexibility index (Phi) is 5.61. The van der Waals surface area contributed by atoms with E-state index >= 15 is 0 Å². The molecule has 0 bridgehead atoms. The molecule has 3 rings (SSSR count). The van der Waals surface area contributed by atoms with Crippen molar-refractivity contribution in [3.63, 3.8) is 0 Å². The Balaban J connectivity index is 1.52. The molecule has 1 saturated heterocycles. The first-order valence-electron chi connectivity index (χ1n) is 8.96. The SMILES string of the molecule is COc1ccc2c(c1)CCCC2CNC(=O)NC(C)C1CCOC1. The number of fused-ring (bicyclic) bond motifs is 1. The number of carbonyl (C=O) groups excluding carboxylic acids is 1. The summed E-state index contributed by atoms with van der Waals surface area (Å²) in [5.41, 5.74) is 2.70. The Morgan fingerprint density at radius 3 is 3.04 bits per heavy atom. The van der Waals surface area contributed by atoms with Crippen molar-refractivity contribution < 1.29 is 14.3 Å². The lowest BCUT2D eigenvalue weighted by Gasteiger charge is -2.27. The summed E-state index contributed by atoms with van der Waals surface area (Å²) >= 11 is 0. The summed E-state index contributed by atoms with van der Waals surface area (Å²) in [6.45, 7) is 4.29. The first kappa shape index (κ1) is 17.1. The Hall–Kier alpha value is -1.75. The molecule has 1 aliphatic heterocycles. The molecule has 132 valence electrons. The van der Waals surface area contributed by atoms with Crippen molar-refractivity contribution in [3.05, 3.63) is 29.3 Å². The fourth-order valence-electron chi connectivity index (χ4n) is 3.77. The van der Waals surface area contributed by atoms with Crippen LogP contribution in [0.1, 0.15) is 43.2 Å². The lowest BCUT2D eigenvalue weighted by molar-refractivity contribution is 0.178. The first-order chi connectivity index (χ1) is 11.7. The summed E-state index contributed by atoms with van der Waals surface area (Å²) in [5.74, 6) is 1.72. The van der Waals surface area contributed by atoms with E-state index in [1.54, 1.807) is 7.11 Å². The van der Waals surface area contributed by atoms with Gasteiger partial charge in [0.2, 0.25) is 0 Å². The third kappa shape index (κ3) is 4.01. The molecule has 2 amide bonds. The van der Waals surface area contributed by atoms with Crippen LogP contribution in [0.25, 0.3) is 0 Å². The molecule has 0 saturated carbocycles. The number of aryl methyl sites for hydroxylation is 1. The van der Waals surface area contributed by atoms with Crippen molar-refractivity contribution in [3.8, 4) is 5.75 Å². The van der Waals surface area contributed by atoms with Crippen molar-refractivity contribution in [2.24, 2.45) is 5.92 Å². The molecule has 1 heterocycles. The number of hydrogen-bond donors (Lipinski definition) is 2. The maximum Gasteiger partial charge on any atom is 0.315 e. The molecule has 1 aliphatic carbocycles. The lowest BCUT2D eigenvalue weighted by atomic mass is 9.82.